The molecule has 1 aromatic heterocycles. The highest BCUT2D eigenvalue weighted by Crippen LogP contribution is 2.22. The summed E-state index contributed by atoms with van der Waals surface area (Å²) in [5, 5.41) is 3.75. The minimum Gasteiger partial charge on any atom is -0.424 e. The van der Waals surface area contributed by atoms with Crippen LogP contribution < -0.4 is 5.32 Å². The molecule has 1 saturated heterocycles. The molecule has 0 spiro atoms. The number of nitrogens with zero attached hydrogens (tertiary/aromatic N) is 2. The lowest BCUT2D eigenvalue weighted by molar-refractivity contribution is 0.0730. The van der Waals surface area contributed by atoms with Crippen molar-refractivity contribution >= 4 is 38.7 Å². The summed E-state index contributed by atoms with van der Waals surface area (Å²) in [5.41, 5.74) is 2.39. The number of hydrogen-bond acceptors (Lipinski definition) is 6. The highest BCUT2D eigenvalue weighted by atomic mass is 35.5. The fourth-order valence-electron chi connectivity index (χ4n) is 3.05. The Morgan fingerprint density at radius 3 is 2.61 bits per heavy atom. The number of sulfonamides is 1. The van der Waals surface area contributed by atoms with Gasteiger partial charge in [0.25, 0.3) is 6.01 Å². The predicted molar refractivity (Wildman–Crippen MR) is 107 cm³/mol. The van der Waals surface area contributed by atoms with Crippen molar-refractivity contribution in [3.05, 3.63) is 53.1 Å². The van der Waals surface area contributed by atoms with E-state index in [1.165, 1.54) is 4.31 Å². The average Bonchev–Trinajstić information content (AvgIpc) is 3.11. The Hall–Kier alpha value is -2.13. The molecule has 0 atom stereocenters. The molecule has 0 radical (unpaired) electrons. The number of rotatable bonds is 6. The summed E-state index contributed by atoms with van der Waals surface area (Å²) in [4.78, 5) is 4.65. The van der Waals surface area contributed by atoms with Gasteiger partial charge in [-0.25, -0.2) is 8.42 Å². The Morgan fingerprint density at radius 1 is 1.11 bits per heavy atom. The number of ether oxygens (including phenoxy) is 1. The number of oxazole rings is 1. The summed E-state index contributed by atoms with van der Waals surface area (Å²) in [7, 11) is -3.46. The second kappa shape index (κ2) is 8.08. The van der Waals surface area contributed by atoms with Crippen molar-refractivity contribution in [2.45, 2.75) is 11.3 Å². The molecular formula is C19H20ClN3O4S. The number of fused-ring (bicyclic) bond motifs is 1. The lowest BCUT2D eigenvalue weighted by Gasteiger charge is -2.26. The van der Waals surface area contributed by atoms with E-state index in [0.717, 1.165) is 5.56 Å². The molecule has 2 heterocycles. The molecule has 0 bridgehead atoms. The van der Waals surface area contributed by atoms with E-state index < -0.39 is 10.0 Å². The van der Waals surface area contributed by atoms with E-state index >= 15 is 0 Å². The molecular weight excluding hydrogens is 402 g/mol. The van der Waals surface area contributed by atoms with Gasteiger partial charge in [-0.1, -0.05) is 23.7 Å². The summed E-state index contributed by atoms with van der Waals surface area (Å²) >= 11 is 5.95. The van der Waals surface area contributed by atoms with Crippen LogP contribution in [-0.4, -0.2) is 50.6 Å². The lowest BCUT2D eigenvalue weighted by Crippen LogP contribution is -2.40. The number of morpholine rings is 1. The van der Waals surface area contributed by atoms with Gasteiger partial charge < -0.3 is 14.5 Å². The van der Waals surface area contributed by atoms with Gasteiger partial charge in [0.05, 0.1) is 18.1 Å². The van der Waals surface area contributed by atoms with E-state index in [1.807, 2.05) is 12.1 Å². The highest BCUT2D eigenvalue weighted by Gasteiger charge is 2.26. The Bertz CT molecular complexity index is 1060. The third-order valence-electron chi connectivity index (χ3n) is 4.57. The van der Waals surface area contributed by atoms with Crippen LogP contribution in [0.2, 0.25) is 5.02 Å². The SMILES string of the molecule is O=S(=O)(c1ccc(CCNc2nc3cc(Cl)ccc3o2)cc1)N1CCOCC1. The maximum absolute atomic E-state index is 12.6. The summed E-state index contributed by atoms with van der Waals surface area (Å²) in [6.07, 6.45) is 0.706. The normalized spacial score (nSPS) is 15.8. The van der Waals surface area contributed by atoms with Gasteiger partial charge in [-0.05, 0) is 42.3 Å². The number of benzene rings is 2. The van der Waals surface area contributed by atoms with Gasteiger partial charge in [0.2, 0.25) is 10.0 Å². The van der Waals surface area contributed by atoms with Crippen molar-refractivity contribution < 1.29 is 17.6 Å². The minimum atomic E-state index is -3.46. The lowest BCUT2D eigenvalue weighted by atomic mass is 10.1. The summed E-state index contributed by atoms with van der Waals surface area (Å²) < 4.78 is 37.6. The van der Waals surface area contributed by atoms with Gasteiger partial charge >= 0.3 is 0 Å². The fourth-order valence-corrected chi connectivity index (χ4v) is 4.63. The van der Waals surface area contributed by atoms with Gasteiger partial charge in [0, 0.05) is 24.7 Å². The maximum atomic E-state index is 12.6. The molecule has 7 nitrogen and oxygen atoms in total. The first-order valence-corrected chi connectivity index (χ1v) is 10.8. The Kier molecular flexibility index (Phi) is 5.54. The molecule has 0 amide bonds. The maximum Gasteiger partial charge on any atom is 0.295 e. The van der Waals surface area contributed by atoms with Crippen LogP contribution in [-0.2, 0) is 21.2 Å². The zero-order chi connectivity index (χ0) is 19.6. The molecule has 1 N–H and O–H groups in total. The summed E-state index contributed by atoms with van der Waals surface area (Å²) in [6, 6.07) is 12.7. The highest BCUT2D eigenvalue weighted by molar-refractivity contribution is 7.89. The standard InChI is InChI=1S/C19H20ClN3O4S/c20-15-3-6-18-17(13-15)22-19(27-18)21-8-7-14-1-4-16(5-2-14)28(24,25)23-9-11-26-12-10-23/h1-6,13H,7-12H2,(H,21,22). The predicted octanol–water partition coefficient (Wildman–Crippen LogP) is 3.16. The molecule has 28 heavy (non-hydrogen) atoms. The molecule has 9 heteroatoms. The Balaban J connectivity index is 1.36. The van der Waals surface area contributed by atoms with Gasteiger partial charge in [-0.2, -0.15) is 9.29 Å². The molecule has 0 unspecified atom stereocenters. The van der Waals surface area contributed by atoms with E-state index in [0.29, 0.717) is 66.3 Å². The Labute approximate surface area is 168 Å². The van der Waals surface area contributed by atoms with Crippen LogP contribution in [0.15, 0.2) is 51.8 Å². The minimum absolute atomic E-state index is 0.307. The second-order valence-corrected chi connectivity index (χ2v) is 8.84. The summed E-state index contributed by atoms with van der Waals surface area (Å²) in [6.45, 7) is 2.26. The van der Waals surface area contributed by atoms with Gasteiger partial charge in [0.1, 0.15) is 5.52 Å². The van der Waals surface area contributed by atoms with E-state index in [9.17, 15) is 8.42 Å². The van der Waals surface area contributed by atoms with Crippen molar-refractivity contribution in [3.8, 4) is 0 Å². The molecule has 4 rings (SSSR count). The first-order chi connectivity index (χ1) is 13.5. The first kappa shape index (κ1) is 19.2. The molecule has 0 saturated carbocycles. The molecule has 1 fully saturated rings. The van der Waals surface area contributed by atoms with Crippen LogP contribution >= 0.6 is 11.6 Å². The number of aromatic nitrogens is 1. The molecule has 2 aromatic carbocycles. The van der Waals surface area contributed by atoms with Crippen molar-refractivity contribution in [2.24, 2.45) is 0 Å². The van der Waals surface area contributed by atoms with Gasteiger partial charge in [-0.15, -0.1) is 0 Å². The van der Waals surface area contributed by atoms with Crippen LogP contribution in [0.4, 0.5) is 6.01 Å². The van der Waals surface area contributed by atoms with E-state index in [4.69, 9.17) is 20.8 Å². The van der Waals surface area contributed by atoms with Crippen molar-refractivity contribution in [2.75, 3.05) is 38.2 Å². The Morgan fingerprint density at radius 2 is 1.86 bits per heavy atom. The van der Waals surface area contributed by atoms with Crippen LogP contribution in [0, 0.1) is 0 Å². The molecule has 1 aliphatic heterocycles. The van der Waals surface area contributed by atoms with Crippen molar-refractivity contribution in [1.82, 2.24) is 9.29 Å². The zero-order valence-electron chi connectivity index (χ0n) is 15.1. The topological polar surface area (TPSA) is 84.7 Å². The molecule has 0 aliphatic carbocycles. The van der Waals surface area contributed by atoms with Gasteiger partial charge in [0.15, 0.2) is 5.58 Å². The monoisotopic (exact) mass is 421 g/mol. The van der Waals surface area contributed by atoms with Crippen molar-refractivity contribution in [3.63, 3.8) is 0 Å². The third kappa shape index (κ3) is 4.15. The van der Waals surface area contributed by atoms with Crippen LogP contribution in [0.3, 0.4) is 0 Å². The van der Waals surface area contributed by atoms with Crippen LogP contribution in [0.25, 0.3) is 11.1 Å². The zero-order valence-corrected chi connectivity index (χ0v) is 16.7. The van der Waals surface area contributed by atoms with Crippen molar-refractivity contribution in [1.29, 1.82) is 0 Å². The molecule has 1 aliphatic rings. The van der Waals surface area contributed by atoms with Gasteiger partial charge in [-0.3, -0.25) is 0 Å². The number of halogens is 1. The molecule has 3 aromatic rings. The first-order valence-electron chi connectivity index (χ1n) is 8.99. The number of hydrogen-bond donors (Lipinski definition) is 1. The largest absolute Gasteiger partial charge is 0.424 e. The molecule has 148 valence electrons. The van der Waals surface area contributed by atoms with E-state index in [1.54, 1.807) is 30.3 Å². The quantitative estimate of drug-likeness (QED) is 0.658. The third-order valence-corrected chi connectivity index (χ3v) is 6.72. The number of nitrogens with one attached hydrogen (secondary N) is 1. The van der Waals surface area contributed by atoms with Crippen LogP contribution in [0.5, 0.6) is 0 Å². The second-order valence-electron chi connectivity index (χ2n) is 6.47. The van der Waals surface area contributed by atoms with E-state index in [-0.39, 0.29) is 0 Å². The van der Waals surface area contributed by atoms with Crippen LogP contribution in [0.1, 0.15) is 5.56 Å². The van der Waals surface area contributed by atoms with E-state index in [2.05, 4.69) is 10.3 Å². The summed E-state index contributed by atoms with van der Waals surface area (Å²) in [5.74, 6) is 0. The smallest absolute Gasteiger partial charge is 0.295 e. The average molecular weight is 422 g/mol. The fraction of sp³-hybridized carbons (Fsp3) is 0.316. The number of anilines is 1.